The molecule has 0 bridgehead atoms. The third-order valence-electron chi connectivity index (χ3n) is 2.73. The molecule has 0 aromatic rings. The van der Waals surface area contributed by atoms with Crippen LogP contribution in [0.4, 0.5) is 0 Å². The molecule has 5 nitrogen and oxygen atoms in total. The van der Waals surface area contributed by atoms with Crippen molar-refractivity contribution in [3.05, 3.63) is 11.3 Å². The summed E-state index contributed by atoms with van der Waals surface area (Å²) < 4.78 is 21.3. The molecule has 0 aromatic heterocycles. The van der Waals surface area contributed by atoms with Gasteiger partial charge in [-0.25, -0.2) is 4.79 Å². The number of carbonyl (C=O) groups excluding carboxylic acids is 1. The van der Waals surface area contributed by atoms with Gasteiger partial charge in [-0.2, -0.15) is 0 Å². The van der Waals surface area contributed by atoms with Gasteiger partial charge in [-0.1, -0.05) is 0 Å². The maximum Gasteiger partial charge on any atom is 0.340 e. The van der Waals surface area contributed by atoms with Gasteiger partial charge in [-0.15, -0.1) is 0 Å². The molecule has 17 heavy (non-hydrogen) atoms. The van der Waals surface area contributed by atoms with Crippen molar-refractivity contribution in [3.8, 4) is 0 Å². The number of rotatable bonds is 3. The fraction of sp³-hybridized carbons (Fsp3) is 0.750. The van der Waals surface area contributed by atoms with E-state index in [1.165, 1.54) is 0 Å². The Hall–Kier alpha value is -1.07. The number of ether oxygens (including phenoxy) is 4. The van der Waals surface area contributed by atoms with Crippen molar-refractivity contribution in [1.29, 1.82) is 0 Å². The zero-order valence-corrected chi connectivity index (χ0v) is 10.4. The molecule has 0 spiro atoms. The van der Waals surface area contributed by atoms with E-state index in [0.29, 0.717) is 37.4 Å². The molecule has 0 amide bonds. The highest BCUT2D eigenvalue weighted by atomic mass is 16.7. The van der Waals surface area contributed by atoms with Crippen LogP contribution in [0.15, 0.2) is 11.3 Å². The first-order valence-corrected chi connectivity index (χ1v) is 5.83. The lowest BCUT2D eigenvalue weighted by Crippen LogP contribution is -2.36. The molecule has 2 rings (SSSR count). The highest BCUT2D eigenvalue weighted by Gasteiger charge is 2.34. The Kier molecular flexibility index (Phi) is 3.40. The van der Waals surface area contributed by atoms with E-state index in [2.05, 4.69) is 0 Å². The van der Waals surface area contributed by atoms with Gasteiger partial charge in [0.25, 0.3) is 0 Å². The minimum Gasteiger partial charge on any atom is -0.457 e. The van der Waals surface area contributed by atoms with E-state index >= 15 is 0 Å². The van der Waals surface area contributed by atoms with Crippen LogP contribution in [0.5, 0.6) is 0 Å². The zero-order chi connectivity index (χ0) is 12.5. The quantitative estimate of drug-likeness (QED) is 0.705. The Morgan fingerprint density at radius 3 is 2.47 bits per heavy atom. The van der Waals surface area contributed by atoms with E-state index in [4.69, 9.17) is 18.9 Å². The molecular formula is C12H18O5. The Balaban J connectivity index is 1.96. The molecule has 2 aliphatic heterocycles. The van der Waals surface area contributed by atoms with Crippen LogP contribution >= 0.6 is 0 Å². The monoisotopic (exact) mass is 242 g/mol. The average Bonchev–Trinajstić information content (AvgIpc) is 2.67. The molecule has 0 aliphatic carbocycles. The maximum absolute atomic E-state index is 11.8. The molecule has 0 aromatic carbocycles. The average molecular weight is 242 g/mol. The van der Waals surface area contributed by atoms with Gasteiger partial charge in [0.05, 0.1) is 18.8 Å². The predicted octanol–water partition coefficient (Wildman–Crippen LogP) is 1.72. The van der Waals surface area contributed by atoms with Gasteiger partial charge in [-0.3, -0.25) is 0 Å². The van der Waals surface area contributed by atoms with Crippen molar-refractivity contribution in [2.75, 3.05) is 13.2 Å². The summed E-state index contributed by atoms with van der Waals surface area (Å²) in [6, 6.07) is 0. The van der Waals surface area contributed by atoms with E-state index in [1.807, 2.05) is 0 Å². The molecule has 0 radical (unpaired) electrons. The van der Waals surface area contributed by atoms with Gasteiger partial charge in [0.1, 0.15) is 5.76 Å². The summed E-state index contributed by atoms with van der Waals surface area (Å²) in [6.45, 7) is 6.46. The third kappa shape index (κ3) is 2.98. The molecule has 2 heterocycles. The molecule has 96 valence electrons. The third-order valence-corrected chi connectivity index (χ3v) is 2.73. The number of carbonyl (C=O) groups is 1. The first-order chi connectivity index (χ1) is 7.98. The van der Waals surface area contributed by atoms with Crippen LogP contribution in [-0.4, -0.2) is 31.3 Å². The first-order valence-electron chi connectivity index (χ1n) is 5.83. The predicted molar refractivity (Wildman–Crippen MR) is 58.9 cm³/mol. The minimum absolute atomic E-state index is 0.210. The number of cyclic esters (lactones) is 1. The lowest BCUT2D eigenvalue weighted by molar-refractivity contribution is -0.207. The summed E-state index contributed by atoms with van der Waals surface area (Å²) in [5.41, 5.74) is 0.573. The van der Waals surface area contributed by atoms with Crippen LogP contribution in [0.3, 0.4) is 0 Å². The van der Waals surface area contributed by atoms with Gasteiger partial charge in [-0.05, 0) is 13.3 Å². The summed E-state index contributed by atoms with van der Waals surface area (Å²) >= 11 is 0. The largest absolute Gasteiger partial charge is 0.457 e. The molecule has 0 saturated carbocycles. The Bertz CT molecular complexity index is 339. The lowest BCUT2D eigenvalue weighted by Gasteiger charge is -2.32. The molecule has 0 N–H and O–H groups in total. The second-order valence-corrected chi connectivity index (χ2v) is 4.64. The summed E-state index contributed by atoms with van der Waals surface area (Å²) in [7, 11) is 0. The van der Waals surface area contributed by atoms with Gasteiger partial charge < -0.3 is 18.9 Å². The smallest absolute Gasteiger partial charge is 0.340 e. The van der Waals surface area contributed by atoms with Crippen LogP contribution in [0, 0.1) is 0 Å². The molecule has 2 aliphatic rings. The van der Waals surface area contributed by atoms with Crippen LogP contribution in [0.25, 0.3) is 0 Å². The highest BCUT2D eigenvalue weighted by Crippen LogP contribution is 2.29. The van der Waals surface area contributed by atoms with E-state index < -0.39 is 5.79 Å². The fourth-order valence-corrected chi connectivity index (χ4v) is 1.99. The summed E-state index contributed by atoms with van der Waals surface area (Å²) in [4.78, 5) is 11.8. The second kappa shape index (κ2) is 4.66. The number of hydrogen-bond acceptors (Lipinski definition) is 5. The SMILES string of the molecule is CC1=C(CCC2OCCO2)C(=O)OC(C)(C)O1. The van der Waals surface area contributed by atoms with Crippen molar-refractivity contribution in [2.24, 2.45) is 0 Å². The van der Waals surface area contributed by atoms with Crippen LogP contribution < -0.4 is 0 Å². The Morgan fingerprint density at radius 1 is 1.24 bits per heavy atom. The summed E-state index contributed by atoms with van der Waals surface area (Å²) in [5, 5.41) is 0. The van der Waals surface area contributed by atoms with Gasteiger partial charge >= 0.3 is 5.97 Å². The Morgan fingerprint density at radius 2 is 1.88 bits per heavy atom. The van der Waals surface area contributed by atoms with Crippen LogP contribution in [0.2, 0.25) is 0 Å². The molecule has 0 atom stereocenters. The van der Waals surface area contributed by atoms with Gasteiger partial charge in [0, 0.05) is 20.3 Å². The molecule has 1 fully saturated rings. The van der Waals surface area contributed by atoms with Crippen molar-refractivity contribution in [2.45, 2.75) is 45.7 Å². The standard InChI is InChI=1S/C12H18O5/c1-8-9(4-5-10-14-6-7-15-10)11(13)17-12(2,3)16-8/h10H,4-7H2,1-3H3. The van der Waals surface area contributed by atoms with E-state index in [-0.39, 0.29) is 12.3 Å². The number of hydrogen-bond donors (Lipinski definition) is 0. The second-order valence-electron chi connectivity index (χ2n) is 4.64. The minimum atomic E-state index is -0.870. The van der Waals surface area contributed by atoms with E-state index in [1.54, 1.807) is 20.8 Å². The van der Waals surface area contributed by atoms with E-state index in [9.17, 15) is 4.79 Å². The molecule has 1 saturated heterocycles. The highest BCUT2D eigenvalue weighted by molar-refractivity contribution is 5.89. The van der Waals surface area contributed by atoms with Crippen LogP contribution in [-0.2, 0) is 23.7 Å². The van der Waals surface area contributed by atoms with Crippen molar-refractivity contribution < 1.29 is 23.7 Å². The Labute approximate surface area is 101 Å². The zero-order valence-electron chi connectivity index (χ0n) is 10.4. The van der Waals surface area contributed by atoms with Crippen LogP contribution in [0.1, 0.15) is 33.6 Å². The topological polar surface area (TPSA) is 54.0 Å². The summed E-state index contributed by atoms with van der Waals surface area (Å²) in [5.74, 6) is -0.550. The van der Waals surface area contributed by atoms with Crippen molar-refractivity contribution in [1.82, 2.24) is 0 Å². The van der Waals surface area contributed by atoms with Crippen molar-refractivity contribution >= 4 is 5.97 Å². The first kappa shape index (κ1) is 12.4. The maximum atomic E-state index is 11.8. The lowest BCUT2D eigenvalue weighted by atomic mass is 10.1. The fourth-order valence-electron chi connectivity index (χ4n) is 1.99. The number of esters is 1. The van der Waals surface area contributed by atoms with Gasteiger partial charge in [0.2, 0.25) is 5.79 Å². The molecular weight excluding hydrogens is 224 g/mol. The summed E-state index contributed by atoms with van der Waals surface area (Å²) in [6.07, 6.45) is 0.981. The van der Waals surface area contributed by atoms with Gasteiger partial charge in [0.15, 0.2) is 6.29 Å². The van der Waals surface area contributed by atoms with Crippen molar-refractivity contribution in [3.63, 3.8) is 0 Å². The molecule has 5 heteroatoms. The number of allylic oxidation sites excluding steroid dienone is 1. The normalized spacial score (nSPS) is 24.8. The molecule has 0 unspecified atom stereocenters. The van der Waals surface area contributed by atoms with E-state index in [0.717, 1.165) is 0 Å².